The molecule has 0 aliphatic carbocycles. The Kier molecular flexibility index (Phi) is 2.48. The van der Waals surface area contributed by atoms with Gasteiger partial charge in [-0.15, -0.1) is 0 Å². The highest BCUT2D eigenvalue weighted by molar-refractivity contribution is 6.05. The smallest absolute Gasteiger partial charge is 0.405 e. The average molecular weight is 262 g/mol. The van der Waals surface area contributed by atoms with Gasteiger partial charge in [0.05, 0.1) is 11.7 Å². The van der Waals surface area contributed by atoms with Crippen LogP contribution in [0.5, 0.6) is 5.75 Å². The third-order valence-electron chi connectivity index (χ3n) is 2.77. The molecule has 1 aliphatic heterocycles. The number of anilines is 1. The van der Waals surface area contributed by atoms with Crippen LogP contribution in [0.25, 0.3) is 10.9 Å². The molecule has 2 aromatic rings. The summed E-state index contributed by atoms with van der Waals surface area (Å²) in [6.45, 7) is -0.0958. The number of nitrogens with zero attached hydrogens (tertiary/aromatic N) is 1. The molecular weight excluding hydrogens is 252 g/mol. The number of aromatic nitrogens is 2. The normalized spacial score (nSPS) is 18.1. The van der Waals surface area contributed by atoms with E-state index < -0.39 is 18.1 Å². The predicted octanol–water partition coefficient (Wildman–Crippen LogP) is 0.358. The Bertz CT molecular complexity index is 666. The van der Waals surface area contributed by atoms with Crippen molar-refractivity contribution in [2.45, 2.75) is 6.10 Å². The van der Waals surface area contributed by atoms with Crippen molar-refractivity contribution in [3.63, 3.8) is 0 Å². The van der Waals surface area contributed by atoms with Gasteiger partial charge in [0.15, 0.2) is 0 Å². The van der Waals surface area contributed by atoms with Gasteiger partial charge in [-0.25, -0.2) is 4.79 Å². The zero-order valence-corrected chi connectivity index (χ0v) is 9.67. The fourth-order valence-corrected chi connectivity index (χ4v) is 1.91. The molecule has 1 atom stereocenters. The lowest BCUT2D eigenvalue weighted by Crippen LogP contribution is -2.37. The fraction of sp³-hybridized carbons (Fsp3) is 0.182. The second-order valence-electron chi connectivity index (χ2n) is 4.00. The lowest BCUT2D eigenvalue weighted by molar-refractivity contribution is -0.125. The van der Waals surface area contributed by atoms with Crippen LogP contribution in [0.3, 0.4) is 0 Å². The minimum absolute atomic E-state index is 0.0958. The molecule has 0 saturated heterocycles. The van der Waals surface area contributed by atoms with Crippen LogP contribution in [0.15, 0.2) is 18.3 Å². The van der Waals surface area contributed by atoms with Gasteiger partial charge < -0.3 is 20.5 Å². The molecule has 1 aromatic carbocycles. The maximum Gasteiger partial charge on any atom is 0.405 e. The van der Waals surface area contributed by atoms with Gasteiger partial charge in [-0.3, -0.25) is 9.89 Å². The summed E-state index contributed by atoms with van der Waals surface area (Å²) in [6, 6.07) is 3.51. The van der Waals surface area contributed by atoms with E-state index in [9.17, 15) is 9.59 Å². The van der Waals surface area contributed by atoms with Gasteiger partial charge in [0.2, 0.25) is 6.10 Å². The number of hydrogen-bond donors (Lipinski definition) is 3. The Morgan fingerprint density at radius 1 is 1.53 bits per heavy atom. The van der Waals surface area contributed by atoms with E-state index in [4.69, 9.17) is 10.5 Å². The summed E-state index contributed by atoms with van der Waals surface area (Å²) in [6.07, 6.45) is -0.478. The lowest BCUT2D eigenvalue weighted by atomic mass is 10.2. The van der Waals surface area contributed by atoms with E-state index in [0.717, 1.165) is 5.39 Å². The van der Waals surface area contributed by atoms with Gasteiger partial charge in [-0.1, -0.05) is 0 Å². The van der Waals surface area contributed by atoms with Crippen LogP contribution in [0, 0.1) is 0 Å². The standard InChI is InChI=1S/C11H10N4O4/c12-11(17)19-7-4-18-6-2-1-5-3-13-15-8(5)9(6)14-10(7)16/h1-3,7H,4H2,(H2,12,17)(H,13,15)(H,14,16)/t7-/m0/s1. The number of rotatable bonds is 1. The van der Waals surface area contributed by atoms with Gasteiger partial charge in [0, 0.05) is 5.39 Å². The zero-order chi connectivity index (χ0) is 13.4. The van der Waals surface area contributed by atoms with E-state index in [1.807, 2.05) is 0 Å². The topological polar surface area (TPSA) is 119 Å². The van der Waals surface area contributed by atoms with Crippen molar-refractivity contribution >= 4 is 28.6 Å². The number of carbonyl (C=O) groups excluding carboxylic acids is 2. The summed E-state index contributed by atoms with van der Waals surface area (Å²) in [5.74, 6) is -0.0275. The monoisotopic (exact) mass is 262 g/mol. The van der Waals surface area contributed by atoms with Crippen LogP contribution in [-0.2, 0) is 9.53 Å². The average Bonchev–Trinajstić information content (AvgIpc) is 2.78. The van der Waals surface area contributed by atoms with Crippen molar-refractivity contribution in [1.29, 1.82) is 0 Å². The highest BCUT2D eigenvalue weighted by atomic mass is 16.6. The first-order chi connectivity index (χ1) is 9.15. The predicted molar refractivity (Wildman–Crippen MR) is 64.7 cm³/mol. The number of amides is 2. The van der Waals surface area contributed by atoms with Crippen LogP contribution in [0.1, 0.15) is 0 Å². The summed E-state index contributed by atoms with van der Waals surface area (Å²) < 4.78 is 10.1. The zero-order valence-electron chi connectivity index (χ0n) is 9.67. The van der Waals surface area contributed by atoms with Crippen LogP contribution in [0.4, 0.5) is 10.5 Å². The summed E-state index contributed by atoms with van der Waals surface area (Å²) >= 11 is 0. The first kappa shape index (κ1) is 11.3. The summed E-state index contributed by atoms with van der Waals surface area (Å²) in [7, 11) is 0. The highest BCUT2D eigenvalue weighted by Crippen LogP contribution is 2.33. The van der Waals surface area contributed by atoms with Crippen molar-refractivity contribution in [2.24, 2.45) is 5.73 Å². The van der Waals surface area contributed by atoms with E-state index in [1.165, 1.54) is 0 Å². The number of primary amides is 1. The van der Waals surface area contributed by atoms with Crippen molar-refractivity contribution < 1.29 is 19.1 Å². The third-order valence-corrected chi connectivity index (χ3v) is 2.77. The number of nitrogens with one attached hydrogen (secondary N) is 2. The molecule has 2 heterocycles. The first-order valence-corrected chi connectivity index (χ1v) is 5.51. The lowest BCUT2D eigenvalue weighted by Gasteiger charge is -2.11. The van der Waals surface area contributed by atoms with Gasteiger partial charge in [0.1, 0.15) is 18.0 Å². The van der Waals surface area contributed by atoms with Crippen LogP contribution in [0.2, 0.25) is 0 Å². The van der Waals surface area contributed by atoms with Crippen molar-refractivity contribution in [2.75, 3.05) is 11.9 Å². The SMILES string of the molecule is NC(=O)O[C@H]1COc2ccc3cn[nH]c3c2NC1=O. The van der Waals surface area contributed by atoms with E-state index in [2.05, 4.69) is 20.3 Å². The molecule has 3 rings (SSSR count). The van der Waals surface area contributed by atoms with Gasteiger partial charge >= 0.3 is 6.09 Å². The molecule has 4 N–H and O–H groups in total. The summed E-state index contributed by atoms with van der Waals surface area (Å²) in [5, 5.41) is 10.1. The number of carbonyl (C=O) groups is 2. The van der Waals surface area contributed by atoms with Crippen LogP contribution < -0.4 is 15.8 Å². The molecule has 1 aromatic heterocycles. The quantitative estimate of drug-likeness (QED) is 0.685. The number of nitrogens with two attached hydrogens (primary N) is 1. The van der Waals surface area contributed by atoms with Crippen LogP contribution >= 0.6 is 0 Å². The van der Waals surface area contributed by atoms with Gasteiger partial charge in [0.25, 0.3) is 5.91 Å². The molecule has 19 heavy (non-hydrogen) atoms. The largest absolute Gasteiger partial charge is 0.487 e. The molecule has 98 valence electrons. The van der Waals surface area contributed by atoms with E-state index in [-0.39, 0.29) is 6.61 Å². The summed E-state index contributed by atoms with van der Waals surface area (Å²) in [4.78, 5) is 22.6. The Morgan fingerprint density at radius 2 is 2.37 bits per heavy atom. The summed E-state index contributed by atoms with van der Waals surface area (Å²) in [5.41, 5.74) is 6.01. The van der Waals surface area contributed by atoms with Crippen molar-refractivity contribution in [3.05, 3.63) is 18.3 Å². The van der Waals surface area contributed by atoms with Gasteiger partial charge in [-0.2, -0.15) is 5.10 Å². The molecule has 0 unspecified atom stereocenters. The number of aromatic amines is 1. The second-order valence-corrected chi connectivity index (χ2v) is 4.00. The number of ether oxygens (including phenoxy) is 2. The van der Waals surface area contributed by atoms with Crippen molar-refractivity contribution in [3.8, 4) is 5.75 Å². The Labute approximate surface area is 106 Å². The first-order valence-electron chi connectivity index (χ1n) is 5.51. The van der Waals surface area contributed by atoms with Crippen molar-refractivity contribution in [1.82, 2.24) is 10.2 Å². The van der Waals surface area contributed by atoms with Gasteiger partial charge in [-0.05, 0) is 12.1 Å². The molecule has 1 aliphatic rings. The number of benzene rings is 1. The molecule has 0 radical (unpaired) electrons. The molecule has 8 nitrogen and oxygen atoms in total. The molecule has 0 bridgehead atoms. The highest BCUT2D eigenvalue weighted by Gasteiger charge is 2.28. The second kappa shape index (κ2) is 4.16. The molecule has 0 fully saturated rings. The minimum Gasteiger partial charge on any atom is -0.487 e. The van der Waals surface area contributed by atoms with E-state index in [0.29, 0.717) is 17.0 Å². The minimum atomic E-state index is -1.08. The van der Waals surface area contributed by atoms with E-state index >= 15 is 0 Å². The van der Waals surface area contributed by atoms with E-state index in [1.54, 1.807) is 18.3 Å². The maximum absolute atomic E-state index is 11.9. The number of fused-ring (bicyclic) bond motifs is 3. The Hall–Kier alpha value is -2.77. The molecule has 2 amide bonds. The molecule has 8 heteroatoms. The fourth-order valence-electron chi connectivity index (χ4n) is 1.91. The number of H-pyrrole nitrogens is 1. The molecular formula is C11H10N4O4. The Morgan fingerprint density at radius 3 is 3.16 bits per heavy atom. The van der Waals surface area contributed by atoms with Crippen LogP contribution in [-0.4, -0.2) is 34.9 Å². The maximum atomic E-state index is 11.9. The number of hydrogen-bond acceptors (Lipinski definition) is 5. The molecule has 0 spiro atoms. The molecule has 0 saturated carbocycles. The third kappa shape index (κ3) is 1.92. The Balaban J connectivity index is 1.99.